The summed E-state index contributed by atoms with van der Waals surface area (Å²) in [6.45, 7) is 11.8. The van der Waals surface area contributed by atoms with Gasteiger partial charge in [0, 0.05) is 59.0 Å². The highest BCUT2D eigenvalue weighted by Gasteiger charge is 2.30. The van der Waals surface area contributed by atoms with Gasteiger partial charge in [0.25, 0.3) is 5.91 Å². The Bertz CT molecular complexity index is 773. The lowest BCUT2D eigenvalue weighted by molar-refractivity contribution is -0.142. The zero-order valence-electron chi connectivity index (χ0n) is 19.7. The summed E-state index contributed by atoms with van der Waals surface area (Å²) in [6.07, 6.45) is 1.61. The quantitative estimate of drug-likeness (QED) is 0.320. The molecular formula is C24H38IN5O3. The van der Waals surface area contributed by atoms with Crippen LogP contribution in [0.5, 0.6) is 0 Å². The second kappa shape index (κ2) is 13.5. The minimum absolute atomic E-state index is 0. The smallest absolute Gasteiger partial charge is 0.251 e. The summed E-state index contributed by atoms with van der Waals surface area (Å²) in [6, 6.07) is 8.60. The highest BCUT2D eigenvalue weighted by atomic mass is 127. The number of guanidine groups is 1. The van der Waals surface area contributed by atoms with Crippen LogP contribution in [0.4, 0.5) is 0 Å². The molecule has 0 aliphatic carbocycles. The maximum absolute atomic E-state index is 12.6. The molecule has 4 rings (SSSR count). The van der Waals surface area contributed by atoms with E-state index in [2.05, 4.69) is 46.3 Å². The van der Waals surface area contributed by atoms with Gasteiger partial charge >= 0.3 is 0 Å². The van der Waals surface area contributed by atoms with E-state index in [4.69, 9.17) is 14.5 Å². The summed E-state index contributed by atoms with van der Waals surface area (Å²) >= 11 is 0. The first-order chi connectivity index (χ1) is 15.7. The number of halogens is 1. The third-order valence-electron chi connectivity index (χ3n) is 6.45. The van der Waals surface area contributed by atoms with Crippen LogP contribution in [-0.4, -0.2) is 98.3 Å². The molecule has 0 aromatic heterocycles. The van der Waals surface area contributed by atoms with Crippen molar-refractivity contribution >= 4 is 35.8 Å². The number of piperazine rings is 1. The van der Waals surface area contributed by atoms with Crippen molar-refractivity contribution in [3.8, 4) is 0 Å². The van der Waals surface area contributed by atoms with E-state index < -0.39 is 0 Å². The molecule has 1 unspecified atom stereocenters. The Morgan fingerprint density at radius 2 is 1.73 bits per heavy atom. The third-order valence-corrected chi connectivity index (χ3v) is 6.45. The molecule has 1 N–H and O–H groups in total. The SMILES string of the molecule is CCNC(=NCc1ccccc1CN1CCOCC1)N1CCN(C(=O)C2CCCO2)CC1.I. The largest absolute Gasteiger partial charge is 0.379 e. The highest BCUT2D eigenvalue weighted by Crippen LogP contribution is 2.17. The van der Waals surface area contributed by atoms with Gasteiger partial charge in [-0.1, -0.05) is 24.3 Å². The highest BCUT2D eigenvalue weighted by molar-refractivity contribution is 14.0. The van der Waals surface area contributed by atoms with Gasteiger partial charge in [0.1, 0.15) is 6.10 Å². The summed E-state index contributed by atoms with van der Waals surface area (Å²) in [5.74, 6) is 1.08. The summed E-state index contributed by atoms with van der Waals surface area (Å²) in [4.78, 5) is 24.3. The number of aliphatic imine (C=N–C) groups is 1. The number of amides is 1. The molecule has 3 heterocycles. The minimum atomic E-state index is -0.230. The van der Waals surface area contributed by atoms with Gasteiger partial charge in [0.05, 0.1) is 19.8 Å². The number of carbonyl (C=O) groups excluding carboxylic acids is 1. The van der Waals surface area contributed by atoms with Gasteiger partial charge in [-0.3, -0.25) is 9.69 Å². The van der Waals surface area contributed by atoms with Crippen LogP contribution in [0.25, 0.3) is 0 Å². The van der Waals surface area contributed by atoms with E-state index >= 15 is 0 Å². The van der Waals surface area contributed by atoms with Gasteiger partial charge in [0.15, 0.2) is 5.96 Å². The Morgan fingerprint density at radius 3 is 2.39 bits per heavy atom. The van der Waals surface area contributed by atoms with E-state index in [0.717, 1.165) is 84.4 Å². The molecule has 1 amide bonds. The molecule has 9 heteroatoms. The average molecular weight is 572 g/mol. The van der Waals surface area contributed by atoms with Crippen LogP contribution < -0.4 is 5.32 Å². The second-order valence-corrected chi connectivity index (χ2v) is 8.64. The van der Waals surface area contributed by atoms with Gasteiger partial charge in [-0.25, -0.2) is 4.99 Å². The lowest BCUT2D eigenvalue weighted by Crippen LogP contribution is -2.55. The molecule has 3 aliphatic heterocycles. The van der Waals surface area contributed by atoms with Crippen LogP contribution in [0.1, 0.15) is 30.9 Å². The van der Waals surface area contributed by atoms with E-state index in [0.29, 0.717) is 13.2 Å². The topological polar surface area (TPSA) is 69.6 Å². The normalized spacial score (nSPS) is 22.2. The van der Waals surface area contributed by atoms with Crippen molar-refractivity contribution in [2.24, 2.45) is 4.99 Å². The first-order valence-electron chi connectivity index (χ1n) is 12.0. The summed E-state index contributed by atoms with van der Waals surface area (Å²) in [5, 5.41) is 3.44. The van der Waals surface area contributed by atoms with Gasteiger partial charge in [-0.2, -0.15) is 0 Å². The Balaban J connectivity index is 0.00000306. The molecule has 0 spiro atoms. The zero-order chi connectivity index (χ0) is 22.2. The van der Waals surface area contributed by atoms with Crippen molar-refractivity contribution in [2.75, 3.05) is 65.6 Å². The van der Waals surface area contributed by atoms with E-state index in [1.54, 1.807) is 0 Å². The van der Waals surface area contributed by atoms with Crippen molar-refractivity contribution in [1.82, 2.24) is 20.0 Å². The van der Waals surface area contributed by atoms with E-state index in [1.807, 2.05) is 4.90 Å². The lowest BCUT2D eigenvalue weighted by Gasteiger charge is -2.37. The molecule has 1 atom stereocenters. The van der Waals surface area contributed by atoms with Gasteiger partial charge < -0.3 is 24.6 Å². The molecule has 184 valence electrons. The number of hydrogen-bond donors (Lipinski definition) is 1. The van der Waals surface area contributed by atoms with Crippen molar-refractivity contribution in [2.45, 2.75) is 39.0 Å². The summed E-state index contributed by atoms with van der Waals surface area (Å²) in [7, 11) is 0. The third kappa shape index (κ3) is 7.27. The maximum Gasteiger partial charge on any atom is 0.251 e. The molecule has 0 saturated carbocycles. The fourth-order valence-electron chi connectivity index (χ4n) is 4.57. The van der Waals surface area contributed by atoms with Crippen LogP contribution in [0.3, 0.4) is 0 Å². The first-order valence-corrected chi connectivity index (χ1v) is 12.0. The number of carbonyl (C=O) groups is 1. The number of hydrogen-bond acceptors (Lipinski definition) is 5. The van der Waals surface area contributed by atoms with Crippen molar-refractivity contribution in [3.63, 3.8) is 0 Å². The van der Waals surface area contributed by atoms with E-state index in [9.17, 15) is 4.79 Å². The van der Waals surface area contributed by atoms with E-state index in [1.165, 1.54) is 11.1 Å². The molecule has 0 bridgehead atoms. The summed E-state index contributed by atoms with van der Waals surface area (Å²) < 4.78 is 11.1. The predicted molar refractivity (Wildman–Crippen MR) is 140 cm³/mol. The predicted octanol–water partition coefficient (Wildman–Crippen LogP) is 1.93. The fourth-order valence-corrected chi connectivity index (χ4v) is 4.57. The van der Waals surface area contributed by atoms with E-state index in [-0.39, 0.29) is 36.0 Å². The number of ether oxygens (including phenoxy) is 2. The zero-order valence-corrected chi connectivity index (χ0v) is 22.0. The Kier molecular flexibility index (Phi) is 10.7. The molecule has 0 radical (unpaired) electrons. The lowest BCUT2D eigenvalue weighted by atomic mass is 10.1. The average Bonchev–Trinajstić information content (AvgIpc) is 3.38. The number of nitrogens with one attached hydrogen (secondary N) is 1. The van der Waals surface area contributed by atoms with Gasteiger partial charge in [0.2, 0.25) is 0 Å². The van der Waals surface area contributed by atoms with Crippen LogP contribution in [-0.2, 0) is 27.4 Å². The maximum atomic E-state index is 12.6. The van der Waals surface area contributed by atoms with Gasteiger partial charge in [-0.15, -0.1) is 24.0 Å². The number of rotatable bonds is 6. The summed E-state index contributed by atoms with van der Waals surface area (Å²) in [5.41, 5.74) is 2.60. The van der Waals surface area contributed by atoms with Crippen molar-refractivity contribution in [3.05, 3.63) is 35.4 Å². The first kappa shape index (κ1) is 26.2. The Hall–Kier alpha value is -1.43. The van der Waals surface area contributed by atoms with Crippen molar-refractivity contribution < 1.29 is 14.3 Å². The Labute approximate surface area is 214 Å². The molecule has 3 aliphatic rings. The van der Waals surface area contributed by atoms with Crippen molar-refractivity contribution in [1.29, 1.82) is 0 Å². The number of morpholine rings is 1. The van der Waals surface area contributed by atoms with Crippen LogP contribution in [0.2, 0.25) is 0 Å². The molecule has 3 fully saturated rings. The fraction of sp³-hybridized carbons (Fsp3) is 0.667. The standard InChI is InChI=1S/C24H37N5O3.HI/c1-2-25-24(29-11-9-28(10-12-29)23(30)22-8-5-15-32-22)26-18-20-6-3-4-7-21(20)19-27-13-16-31-17-14-27;/h3-4,6-7,22H,2,5,8-19H2,1H3,(H,25,26);1H. The minimum Gasteiger partial charge on any atom is -0.379 e. The molecule has 3 saturated heterocycles. The van der Waals surface area contributed by atoms with Gasteiger partial charge in [-0.05, 0) is 30.9 Å². The van der Waals surface area contributed by atoms with Crippen LogP contribution in [0.15, 0.2) is 29.3 Å². The number of benzene rings is 1. The molecule has 1 aromatic carbocycles. The van der Waals surface area contributed by atoms with Crippen LogP contribution >= 0.6 is 24.0 Å². The second-order valence-electron chi connectivity index (χ2n) is 8.64. The molecule has 8 nitrogen and oxygen atoms in total. The molecule has 33 heavy (non-hydrogen) atoms. The molecule has 1 aromatic rings. The molecular weight excluding hydrogens is 533 g/mol. The number of nitrogens with zero attached hydrogens (tertiary/aromatic N) is 4. The Morgan fingerprint density at radius 1 is 1.03 bits per heavy atom. The van der Waals surface area contributed by atoms with Crippen LogP contribution in [0, 0.1) is 0 Å². The monoisotopic (exact) mass is 571 g/mol.